The number of fused-ring (bicyclic) bond motifs is 3. The molecule has 168 valence electrons. The third kappa shape index (κ3) is 4.02. The number of aliphatic hydroxyl groups is 1. The Balaban J connectivity index is 1.57. The van der Waals surface area contributed by atoms with Crippen LogP contribution in [0.1, 0.15) is 34.7 Å². The molecule has 0 saturated carbocycles. The largest absolute Gasteiger partial charge is 0.394 e. The normalized spacial score (nSPS) is 21.9. The quantitative estimate of drug-likeness (QED) is 0.587. The number of sulfonamides is 1. The molecule has 5 rings (SSSR count). The summed E-state index contributed by atoms with van der Waals surface area (Å²) < 4.78 is 28.9. The third-order valence-corrected chi connectivity index (χ3v) is 8.31. The van der Waals surface area contributed by atoms with E-state index in [0.717, 1.165) is 27.9 Å². The van der Waals surface area contributed by atoms with Crippen molar-refractivity contribution < 1.29 is 13.5 Å². The number of hydrogen-bond acceptors (Lipinski definition) is 5. The predicted octanol–water partition coefficient (Wildman–Crippen LogP) is 3.33. The van der Waals surface area contributed by atoms with Crippen LogP contribution in [0, 0.1) is 24.7 Å². The number of aliphatic hydroxyl groups excluding tert-OH is 1. The maximum absolute atomic E-state index is 13.7. The third-order valence-electron chi connectivity index (χ3n) is 6.43. The standard InChI is InChI=1S/C26H25N3O3S/c1-18-4-2-6-21(14-18)33(31,32)29-13-11-22-25(17-30)28-24-10-9-19(15-23(24)26(22)29)7-8-20-5-3-12-27-16-20/h2-6,9-10,12,14-16,22,25-26,28,30H,11,13,17H2,1H3/t22-,25+,26-/m0/s1. The van der Waals surface area contributed by atoms with Crippen LogP contribution in [0.25, 0.3) is 0 Å². The van der Waals surface area contributed by atoms with Crippen molar-refractivity contribution in [3.05, 3.63) is 89.2 Å². The molecular weight excluding hydrogens is 434 g/mol. The molecule has 3 aromatic rings. The molecule has 2 aliphatic rings. The van der Waals surface area contributed by atoms with Crippen molar-refractivity contribution in [3.8, 4) is 11.8 Å². The minimum Gasteiger partial charge on any atom is -0.394 e. The average Bonchev–Trinajstić information content (AvgIpc) is 3.29. The molecule has 0 amide bonds. The van der Waals surface area contributed by atoms with Crippen molar-refractivity contribution in [2.75, 3.05) is 18.5 Å². The summed E-state index contributed by atoms with van der Waals surface area (Å²) in [4.78, 5) is 4.39. The summed E-state index contributed by atoms with van der Waals surface area (Å²) in [5, 5.41) is 13.4. The Bertz CT molecular complexity index is 1350. The summed E-state index contributed by atoms with van der Waals surface area (Å²) in [6, 6.07) is 16.0. The zero-order valence-electron chi connectivity index (χ0n) is 18.3. The van der Waals surface area contributed by atoms with Gasteiger partial charge in [-0.25, -0.2) is 8.42 Å². The van der Waals surface area contributed by atoms with Gasteiger partial charge in [0.2, 0.25) is 10.0 Å². The van der Waals surface area contributed by atoms with Crippen molar-refractivity contribution in [2.45, 2.75) is 30.3 Å². The lowest BCUT2D eigenvalue weighted by Gasteiger charge is -2.38. The van der Waals surface area contributed by atoms with E-state index in [4.69, 9.17) is 0 Å². The molecule has 0 spiro atoms. The highest BCUT2D eigenvalue weighted by molar-refractivity contribution is 7.89. The van der Waals surface area contributed by atoms with Gasteiger partial charge in [-0.15, -0.1) is 0 Å². The topological polar surface area (TPSA) is 82.5 Å². The number of hydrogen-bond donors (Lipinski definition) is 2. The van der Waals surface area contributed by atoms with Gasteiger partial charge in [-0.1, -0.05) is 24.0 Å². The highest BCUT2D eigenvalue weighted by Gasteiger charge is 2.48. The summed E-state index contributed by atoms with van der Waals surface area (Å²) >= 11 is 0. The lowest BCUT2D eigenvalue weighted by atomic mass is 9.83. The van der Waals surface area contributed by atoms with Crippen molar-refractivity contribution >= 4 is 15.7 Å². The van der Waals surface area contributed by atoms with E-state index in [2.05, 4.69) is 22.1 Å². The van der Waals surface area contributed by atoms with Crippen molar-refractivity contribution in [1.82, 2.24) is 9.29 Å². The highest BCUT2D eigenvalue weighted by Crippen LogP contribution is 2.48. The van der Waals surface area contributed by atoms with E-state index in [1.807, 2.05) is 43.3 Å². The van der Waals surface area contributed by atoms with E-state index in [1.165, 1.54) is 0 Å². The van der Waals surface area contributed by atoms with Crippen LogP contribution in [0.3, 0.4) is 0 Å². The predicted molar refractivity (Wildman–Crippen MR) is 127 cm³/mol. The van der Waals surface area contributed by atoms with Gasteiger partial charge in [0.05, 0.1) is 23.6 Å². The van der Waals surface area contributed by atoms with Gasteiger partial charge in [0.25, 0.3) is 0 Å². The summed E-state index contributed by atoms with van der Waals surface area (Å²) in [5.74, 6) is 6.27. The Morgan fingerprint density at radius 1 is 1.12 bits per heavy atom. The number of pyridine rings is 1. The zero-order valence-corrected chi connectivity index (χ0v) is 19.1. The van der Waals surface area contributed by atoms with Crippen LogP contribution in [0.5, 0.6) is 0 Å². The van der Waals surface area contributed by atoms with Gasteiger partial charge in [0, 0.05) is 41.7 Å². The van der Waals surface area contributed by atoms with Crippen LogP contribution < -0.4 is 5.32 Å². The smallest absolute Gasteiger partial charge is 0.243 e. The Morgan fingerprint density at radius 3 is 2.73 bits per heavy atom. The molecule has 33 heavy (non-hydrogen) atoms. The summed E-state index contributed by atoms with van der Waals surface area (Å²) in [7, 11) is -3.69. The van der Waals surface area contributed by atoms with Crippen LogP contribution in [-0.2, 0) is 10.0 Å². The second-order valence-electron chi connectivity index (χ2n) is 8.56. The molecule has 0 radical (unpaired) electrons. The van der Waals surface area contributed by atoms with Crippen LogP contribution in [0.4, 0.5) is 5.69 Å². The van der Waals surface area contributed by atoms with E-state index in [0.29, 0.717) is 17.9 Å². The van der Waals surface area contributed by atoms with Gasteiger partial charge < -0.3 is 10.4 Å². The molecule has 7 heteroatoms. The highest BCUT2D eigenvalue weighted by atomic mass is 32.2. The fourth-order valence-corrected chi connectivity index (χ4v) is 6.63. The summed E-state index contributed by atoms with van der Waals surface area (Å²) in [6.45, 7) is 2.25. The molecule has 3 heterocycles. The maximum atomic E-state index is 13.7. The first-order valence-corrected chi connectivity index (χ1v) is 12.4. The first-order valence-electron chi connectivity index (χ1n) is 11.0. The Morgan fingerprint density at radius 2 is 1.97 bits per heavy atom. The minimum atomic E-state index is -3.69. The van der Waals surface area contributed by atoms with Gasteiger partial charge in [0.15, 0.2) is 0 Å². The van der Waals surface area contributed by atoms with Crippen molar-refractivity contribution in [1.29, 1.82) is 0 Å². The molecule has 2 aliphatic heterocycles. The van der Waals surface area contributed by atoms with Crippen molar-refractivity contribution in [2.24, 2.45) is 5.92 Å². The summed E-state index contributed by atoms with van der Waals surface area (Å²) in [5.41, 5.74) is 4.26. The van der Waals surface area contributed by atoms with Crippen molar-refractivity contribution in [3.63, 3.8) is 0 Å². The van der Waals surface area contributed by atoms with Crippen LogP contribution in [0.2, 0.25) is 0 Å². The fourth-order valence-electron chi connectivity index (χ4n) is 4.86. The van der Waals surface area contributed by atoms with E-state index in [9.17, 15) is 13.5 Å². The molecule has 3 atom stereocenters. The second-order valence-corrected chi connectivity index (χ2v) is 10.4. The van der Waals surface area contributed by atoms with Crippen LogP contribution in [0.15, 0.2) is 71.9 Å². The number of anilines is 1. The van der Waals surface area contributed by atoms with Gasteiger partial charge >= 0.3 is 0 Å². The van der Waals surface area contributed by atoms with Crippen LogP contribution in [-0.4, -0.2) is 42.0 Å². The Labute approximate surface area is 194 Å². The molecule has 0 bridgehead atoms. The zero-order chi connectivity index (χ0) is 23.0. The second kappa shape index (κ2) is 8.64. The van der Waals surface area contributed by atoms with Crippen LogP contribution >= 0.6 is 0 Å². The lowest BCUT2D eigenvalue weighted by molar-refractivity contribution is 0.210. The number of benzene rings is 2. The molecule has 6 nitrogen and oxygen atoms in total. The molecule has 0 aliphatic carbocycles. The molecule has 1 aromatic heterocycles. The average molecular weight is 460 g/mol. The van der Waals surface area contributed by atoms with E-state index >= 15 is 0 Å². The first kappa shape index (κ1) is 21.7. The fraction of sp³-hybridized carbons (Fsp3) is 0.269. The van der Waals surface area contributed by atoms with E-state index in [1.54, 1.807) is 34.9 Å². The Hall–Kier alpha value is -3.18. The molecular formula is C26H25N3O3S. The van der Waals surface area contributed by atoms with E-state index < -0.39 is 10.0 Å². The number of nitrogens with zero attached hydrogens (tertiary/aromatic N) is 2. The first-order chi connectivity index (χ1) is 16.0. The number of aryl methyl sites for hydroxylation is 1. The number of nitrogens with one attached hydrogen (secondary N) is 1. The molecule has 2 aromatic carbocycles. The monoisotopic (exact) mass is 459 g/mol. The SMILES string of the molecule is Cc1cccc(S(=O)(=O)N2CC[C@@H]3[C@H]2c2cc(C#Cc4cccnc4)ccc2N[C@@H]3CO)c1. The van der Waals surface area contributed by atoms with Gasteiger partial charge in [0.1, 0.15) is 0 Å². The van der Waals surface area contributed by atoms with E-state index in [-0.39, 0.29) is 24.6 Å². The molecule has 2 N–H and O–H groups in total. The number of aromatic nitrogens is 1. The number of rotatable bonds is 3. The molecule has 0 unspecified atom stereocenters. The minimum absolute atomic E-state index is 0.0244. The maximum Gasteiger partial charge on any atom is 0.243 e. The lowest BCUT2D eigenvalue weighted by Crippen LogP contribution is -2.42. The Kier molecular flexibility index (Phi) is 5.67. The van der Waals surface area contributed by atoms with Gasteiger partial charge in [-0.05, 0) is 66.9 Å². The molecule has 1 fully saturated rings. The van der Waals surface area contributed by atoms with Gasteiger partial charge in [-0.3, -0.25) is 4.98 Å². The molecule has 1 saturated heterocycles. The summed E-state index contributed by atoms with van der Waals surface area (Å²) in [6.07, 6.45) is 4.09. The van der Waals surface area contributed by atoms with Gasteiger partial charge in [-0.2, -0.15) is 4.31 Å².